The van der Waals surface area contributed by atoms with E-state index in [0.29, 0.717) is 12.2 Å². The molecule has 0 spiro atoms. The van der Waals surface area contributed by atoms with Crippen molar-refractivity contribution in [3.8, 4) is 11.5 Å². The molecule has 2 aromatic carbocycles. The number of carbonyl (C=O) groups excluding carboxylic acids is 1. The molecule has 1 heterocycles. The molecule has 0 aliphatic carbocycles. The first-order valence-electron chi connectivity index (χ1n) is 8.05. The molecule has 0 saturated heterocycles. The first kappa shape index (κ1) is 16.3. The smallest absolute Gasteiger partial charge is 0.231 e. The van der Waals surface area contributed by atoms with Crippen LogP contribution in [-0.2, 0) is 4.79 Å². The van der Waals surface area contributed by atoms with Crippen molar-refractivity contribution in [3.63, 3.8) is 0 Å². The van der Waals surface area contributed by atoms with E-state index in [1.165, 1.54) is 0 Å². The topological polar surface area (TPSA) is 67.8 Å². The van der Waals surface area contributed by atoms with E-state index in [2.05, 4.69) is 5.32 Å². The van der Waals surface area contributed by atoms with Crippen molar-refractivity contribution in [1.29, 1.82) is 0 Å². The highest BCUT2D eigenvalue weighted by Crippen LogP contribution is 2.37. The Morgan fingerprint density at radius 2 is 1.92 bits per heavy atom. The second kappa shape index (κ2) is 7.36. The van der Waals surface area contributed by atoms with Gasteiger partial charge in [-0.2, -0.15) is 0 Å². The van der Waals surface area contributed by atoms with Crippen molar-refractivity contribution in [3.05, 3.63) is 54.1 Å². The van der Waals surface area contributed by atoms with Gasteiger partial charge in [0, 0.05) is 18.2 Å². The standard InChI is InChI=1S/C19H21NO4/c1-13(14-7-8-17-18(11-14)24-12-23-17)16(9-10-21)19(22)20-15-5-3-2-4-6-15/h2-8,11,13,16,21H,9-10,12H2,1H3,(H,20,22). The number of rotatable bonds is 6. The molecule has 2 aromatic rings. The largest absolute Gasteiger partial charge is 0.454 e. The highest BCUT2D eigenvalue weighted by Gasteiger charge is 2.27. The Kier molecular flexibility index (Phi) is 5.01. The Labute approximate surface area is 141 Å². The van der Waals surface area contributed by atoms with Gasteiger partial charge in [0.05, 0.1) is 0 Å². The lowest BCUT2D eigenvalue weighted by Crippen LogP contribution is -2.28. The first-order chi connectivity index (χ1) is 11.7. The Hall–Kier alpha value is -2.53. The number of nitrogens with one attached hydrogen (secondary N) is 1. The molecule has 5 nitrogen and oxygen atoms in total. The van der Waals surface area contributed by atoms with Gasteiger partial charge in [-0.1, -0.05) is 31.2 Å². The molecule has 1 aliphatic heterocycles. The minimum atomic E-state index is -0.337. The van der Waals surface area contributed by atoms with Crippen molar-refractivity contribution in [1.82, 2.24) is 0 Å². The zero-order chi connectivity index (χ0) is 16.9. The molecule has 0 aromatic heterocycles. The van der Waals surface area contributed by atoms with Crippen molar-refractivity contribution < 1.29 is 19.4 Å². The Morgan fingerprint density at radius 1 is 1.17 bits per heavy atom. The fraction of sp³-hybridized carbons (Fsp3) is 0.316. The molecule has 126 valence electrons. The average Bonchev–Trinajstić information content (AvgIpc) is 3.07. The molecule has 2 atom stereocenters. The predicted octanol–water partition coefficient (Wildman–Crippen LogP) is 3.16. The number of benzene rings is 2. The number of hydrogen-bond donors (Lipinski definition) is 2. The van der Waals surface area contributed by atoms with Gasteiger partial charge in [0.1, 0.15) is 0 Å². The van der Waals surface area contributed by atoms with Crippen LogP contribution in [0.15, 0.2) is 48.5 Å². The van der Waals surface area contributed by atoms with Crippen molar-refractivity contribution in [2.45, 2.75) is 19.3 Å². The van der Waals surface area contributed by atoms with Gasteiger partial charge in [-0.25, -0.2) is 0 Å². The molecular weight excluding hydrogens is 306 g/mol. The number of aliphatic hydroxyl groups is 1. The third-order valence-electron chi connectivity index (χ3n) is 4.34. The van der Waals surface area contributed by atoms with Crippen LogP contribution in [-0.4, -0.2) is 24.4 Å². The Balaban J connectivity index is 1.77. The summed E-state index contributed by atoms with van der Waals surface area (Å²) < 4.78 is 10.7. The first-order valence-corrected chi connectivity index (χ1v) is 8.05. The van der Waals surface area contributed by atoms with Gasteiger partial charge in [-0.3, -0.25) is 4.79 Å². The normalized spacial score (nSPS) is 14.9. The fourth-order valence-electron chi connectivity index (χ4n) is 2.93. The van der Waals surface area contributed by atoms with Gasteiger partial charge >= 0.3 is 0 Å². The van der Waals surface area contributed by atoms with Gasteiger partial charge in [-0.05, 0) is 42.2 Å². The Morgan fingerprint density at radius 3 is 2.67 bits per heavy atom. The lowest BCUT2D eigenvalue weighted by molar-refractivity contribution is -0.121. The van der Waals surface area contributed by atoms with Crippen LogP contribution in [0.3, 0.4) is 0 Å². The third-order valence-corrected chi connectivity index (χ3v) is 4.34. The summed E-state index contributed by atoms with van der Waals surface area (Å²) in [6, 6.07) is 15.1. The van der Waals surface area contributed by atoms with Crippen LogP contribution in [0.2, 0.25) is 0 Å². The molecule has 0 radical (unpaired) electrons. The summed E-state index contributed by atoms with van der Waals surface area (Å²) in [6.45, 7) is 2.17. The molecule has 3 rings (SSSR count). The van der Waals surface area contributed by atoms with E-state index in [9.17, 15) is 9.90 Å². The van der Waals surface area contributed by atoms with Gasteiger partial charge in [0.25, 0.3) is 0 Å². The summed E-state index contributed by atoms with van der Waals surface area (Å²) in [5, 5.41) is 12.3. The highest BCUT2D eigenvalue weighted by atomic mass is 16.7. The summed E-state index contributed by atoms with van der Waals surface area (Å²) in [4.78, 5) is 12.7. The number of fused-ring (bicyclic) bond motifs is 1. The van der Waals surface area contributed by atoms with Crippen LogP contribution in [0, 0.1) is 5.92 Å². The zero-order valence-electron chi connectivity index (χ0n) is 13.6. The minimum Gasteiger partial charge on any atom is -0.454 e. The van der Waals surface area contributed by atoms with Crippen molar-refractivity contribution in [2.24, 2.45) is 5.92 Å². The molecule has 0 fully saturated rings. The van der Waals surface area contributed by atoms with E-state index in [-0.39, 0.29) is 31.1 Å². The zero-order valence-corrected chi connectivity index (χ0v) is 13.6. The molecule has 2 N–H and O–H groups in total. The predicted molar refractivity (Wildman–Crippen MR) is 91.2 cm³/mol. The summed E-state index contributed by atoms with van der Waals surface area (Å²) >= 11 is 0. The lowest BCUT2D eigenvalue weighted by Gasteiger charge is -2.23. The second-order valence-electron chi connectivity index (χ2n) is 5.88. The van der Waals surface area contributed by atoms with Crippen LogP contribution >= 0.6 is 0 Å². The van der Waals surface area contributed by atoms with E-state index in [1.54, 1.807) is 0 Å². The van der Waals surface area contributed by atoms with E-state index in [4.69, 9.17) is 9.47 Å². The van der Waals surface area contributed by atoms with Gasteiger partial charge in [0.15, 0.2) is 11.5 Å². The number of carbonyl (C=O) groups is 1. The maximum absolute atomic E-state index is 12.7. The molecule has 0 saturated carbocycles. The van der Waals surface area contributed by atoms with E-state index >= 15 is 0 Å². The number of hydrogen-bond acceptors (Lipinski definition) is 4. The quantitative estimate of drug-likeness (QED) is 0.855. The number of aliphatic hydroxyl groups excluding tert-OH is 1. The lowest BCUT2D eigenvalue weighted by atomic mass is 9.84. The van der Waals surface area contributed by atoms with Crippen LogP contribution < -0.4 is 14.8 Å². The number of ether oxygens (including phenoxy) is 2. The maximum Gasteiger partial charge on any atom is 0.231 e. The van der Waals surface area contributed by atoms with E-state index in [1.807, 2.05) is 55.5 Å². The minimum absolute atomic E-state index is 0.0399. The molecular formula is C19H21NO4. The molecule has 2 unspecified atom stereocenters. The van der Waals surface area contributed by atoms with E-state index in [0.717, 1.165) is 17.0 Å². The molecule has 1 aliphatic rings. The van der Waals surface area contributed by atoms with Crippen molar-refractivity contribution in [2.75, 3.05) is 18.7 Å². The van der Waals surface area contributed by atoms with Crippen molar-refractivity contribution >= 4 is 11.6 Å². The summed E-state index contributed by atoms with van der Waals surface area (Å²) in [7, 11) is 0. The van der Waals surface area contributed by atoms with Crippen LogP contribution in [0.25, 0.3) is 0 Å². The fourth-order valence-corrected chi connectivity index (χ4v) is 2.93. The second-order valence-corrected chi connectivity index (χ2v) is 5.88. The summed E-state index contributed by atoms with van der Waals surface area (Å²) in [5.74, 6) is 0.926. The maximum atomic E-state index is 12.7. The summed E-state index contributed by atoms with van der Waals surface area (Å²) in [5.41, 5.74) is 1.74. The molecule has 24 heavy (non-hydrogen) atoms. The van der Waals surface area contributed by atoms with Gasteiger partial charge in [-0.15, -0.1) is 0 Å². The SMILES string of the molecule is CC(c1ccc2c(c1)OCO2)C(CCO)C(=O)Nc1ccccc1. The highest BCUT2D eigenvalue weighted by molar-refractivity contribution is 5.93. The van der Waals surface area contributed by atoms with Gasteiger partial charge in [0.2, 0.25) is 12.7 Å². The molecule has 0 bridgehead atoms. The number of amides is 1. The summed E-state index contributed by atoms with van der Waals surface area (Å²) in [6.07, 6.45) is 0.397. The van der Waals surface area contributed by atoms with E-state index < -0.39 is 0 Å². The monoisotopic (exact) mass is 327 g/mol. The van der Waals surface area contributed by atoms with Crippen LogP contribution in [0.4, 0.5) is 5.69 Å². The Bertz CT molecular complexity index is 702. The van der Waals surface area contributed by atoms with Crippen LogP contribution in [0.5, 0.6) is 11.5 Å². The van der Waals surface area contributed by atoms with Crippen LogP contribution in [0.1, 0.15) is 24.8 Å². The molecule has 5 heteroatoms. The van der Waals surface area contributed by atoms with Gasteiger partial charge < -0.3 is 19.9 Å². The average molecular weight is 327 g/mol. The molecule has 1 amide bonds. The number of para-hydroxylation sites is 1. The number of anilines is 1. The third kappa shape index (κ3) is 3.51.